The molecule has 5 nitrogen and oxygen atoms in total. The highest BCUT2D eigenvalue weighted by atomic mass is 16.5. The summed E-state index contributed by atoms with van der Waals surface area (Å²) in [5.74, 6) is 0.407. The number of benzene rings is 1. The van der Waals surface area contributed by atoms with Gasteiger partial charge in [0, 0.05) is 0 Å². The fourth-order valence-corrected chi connectivity index (χ4v) is 1.53. The normalized spacial score (nSPS) is 10.4. The lowest BCUT2D eigenvalue weighted by molar-refractivity contribution is 0.367. The Morgan fingerprint density at radius 2 is 2.00 bits per heavy atom. The lowest BCUT2D eigenvalue weighted by Crippen LogP contribution is -2.00. The molecule has 84 valence electrons. The van der Waals surface area contributed by atoms with Gasteiger partial charge in [-0.05, 0) is 12.1 Å². The van der Waals surface area contributed by atoms with Crippen molar-refractivity contribution >= 4 is 11.0 Å². The third-order valence-electron chi connectivity index (χ3n) is 2.23. The molecule has 0 unspecified atom stereocenters. The summed E-state index contributed by atoms with van der Waals surface area (Å²) in [4.78, 5) is 11.3. The molecule has 0 saturated heterocycles. The molecule has 0 aliphatic rings. The van der Waals surface area contributed by atoms with Gasteiger partial charge in [-0.3, -0.25) is 0 Å². The van der Waals surface area contributed by atoms with E-state index in [9.17, 15) is 9.90 Å². The summed E-state index contributed by atoms with van der Waals surface area (Å²) in [6, 6.07) is 4.28. The van der Waals surface area contributed by atoms with Crippen molar-refractivity contribution in [2.24, 2.45) is 0 Å². The average Bonchev–Trinajstić information content (AvgIpc) is 2.27. The number of ether oxygens (including phenoxy) is 2. The lowest BCUT2D eigenvalue weighted by Gasteiger charge is -2.08. The van der Waals surface area contributed by atoms with Crippen molar-refractivity contribution in [3.8, 4) is 17.2 Å². The molecule has 1 aromatic heterocycles. The third-order valence-corrected chi connectivity index (χ3v) is 2.23. The Bertz CT molecular complexity index is 585. The minimum absolute atomic E-state index is 0.0913. The molecule has 0 saturated carbocycles. The minimum Gasteiger partial charge on any atom is -0.504 e. The molecule has 0 bridgehead atoms. The topological polar surface area (TPSA) is 68.9 Å². The van der Waals surface area contributed by atoms with E-state index >= 15 is 0 Å². The van der Waals surface area contributed by atoms with Crippen LogP contribution >= 0.6 is 0 Å². The molecule has 1 heterocycles. The molecule has 0 amide bonds. The minimum atomic E-state index is -0.562. The number of methoxy groups -OCH3 is 2. The largest absolute Gasteiger partial charge is 0.504 e. The Morgan fingerprint density at radius 3 is 2.62 bits per heavy atom. The van der Waals surface area contributed by atoms with Gasteiger partial charge in [0.15, 0.2) is 11.3 Å². The van der Waals surface area contributed by atoms with Gasteiger partial charge in [-0.25, -0.2) is 4.79 Å². The second-order valence-corrected chi connectivity index (χ2v) is 3.13. The van der Waals surface area contributed by atoms with Crippen LogP contribution in [0.5, 0.6) is 17.2 Å². The highest BCUT2D eigenvalue weighted by molar-refractivity contribution is 5.89. The van der Waals surface area contributed by atoms with Gasteiger partial charge in [-0.1, -0.05) is 0 Å². The van der Waals surface area contributed by atoms with Crippen molar-refractivity contribution in [1.29, 1.82) is 0 Å². The van der Waals surface area contributed by atoms with Gasteiger partial charge < -0.3 is 19.0 Å². The van der Waals surface area contributed by atoms with Crippen molar-refractivity contribution in [3.63, 3.8) is 0 Å². The van der Waals surface area contributed by atoms with Crippen LogP contribution in [0.3, 0.4) is 0 Å². The fourth-order valence-electron chi connectivity index (χ4n) is 1.53. The van der Waals surface area contributed by atoms with Crippen LogP contribution in [-0.2, 0) is 0 Å². The smallest absolute Gasteiger partial charge is 0.340 e. The highest BCUT2D eigenvalue weighted by Gasteiger charge is 2.14. The number of hydrogen-bond acceptors (Lipinski definition) is 5. The van der Waals surface area contributed by atoms with E-state index in [4.69, 9.17) is 13.9 Å². The number of fused-ring (bicyclic) bond motifs is 1. The zero-order valence-corrected chi connectivity index (χ0v) is 8.81. The summed E-state index contributed by atoms with van der Waals surface area (Å²) in [5, 5.41) is 10.1. The molecule has 0 aliphatic carbocycles. The molecule has 0 fully saturated rings. The summed E-state index contributed by atoms with van der Waals surface area (Å²) in [6.07, 6.45) is 0. The van der Waals surface area contributed by atoms with E-state index in [1.54, 1.807) is 6.07 Å². The molecule has 0 radical (unpaired) electrons. The second-order valence-electron chi connectivity index (χ2n) is 3.13. The maximum Gasteiger partial charge on any atom is 0.340 e. The molecule has 0 spiro atoms. The SMILES string of the molecule is COc1cc(=O)oc2c(OC)c(O)ccc12. The molecule has 0 atom stereocenters. The van der Waals surface area contributed by atoms with E-state index in [0.29, 0.717) is 11.1 Å². The van der Waals surface area contributed by atoms with E-state index in [2.05, 4.69) is 0 Å². The van der Waals surface area contributed by atoms with Crippen molar-refractivity contribution in [3.05, 3.63) is 28.6 Å². The van der Waals surface area contributed by atoms with Gasteiger partial charge in [0.1, 0.15) is 5.75 Å². The van der Waals surface area contributed by atoms with E-state index in [0.717, 1.165) is 0 Å². The molecule has 2 aromatic rings. The van der Waals surface area contributed by atoms with E-state index in [-0.39, 0.29) is 17.1 Å². The zero-order valence-electron chi connectivity index (χ0n) is 8.81. The number of aromatic hydroxyl groups is 1. The highest BCUT2D eigenvalue weighted by Crippen LogP contribution is 2.37. The number of hydrogen-bond donors (Lipinski definition) is 1. The van der Waals surface area contributed by atoms with Crippen LogP contribution in [0.15, 0.2) is 27.4 Å². The average molecular weight is 222 g/mol. The van der Waals surface area contributed by atoms with Gasteiger partial charge >= 0.3 is 5.63 Å². The Balaban J connectivity index is 2.93. The molecular weight excluding hydrogens is 212 g/mol. The Labute approximate surface area is 90.8 Å². The van der Waals surface area contributed by atoms with Crippen LogP contribution in [-0.4, -0.2) is 19.3 Å². The summed E-state index contributed by atoms with van der Waals surface area (Å²) in [7, 11) is 2.83. The Morgan fingerprint density at radius 1 is 1.25 bits per heavy atom. The second kappa shape index (κ2) is 3.77. The molecule has 2 rings (SSSR count). The van der Waals surface area contributed by atoms with E-state index in [1.165, 1.54) is 26.4 Å². The third kappa shape index (κ3) is 1.46. The molecule has 16 heavy (non-hydrogen) atoms. The van der Waals surface area contributed by atoms with Crippen molar-refractivity contribution < 1.29 is 19.0 Å². The summed E-state index contributed by atoms with van der Waals surface area (Å²) in [5.41, 5.74) is -0.389. The Kier molecular flexibility index (Phi) is 2.44. The van der Waals surface area contributed by atoms with E-state index in [1.807, 2.05) is 0 Å². The van der Waals surface area contributed by atoms with Gasteiger partial charge in [0.2, 0.25) is 5.75 Å². The fraction of sp³-hybridized carbons (Fsp3) is 0.182. The van der Waals surface area contributed by atoms with Crippen LogP contribution in [0.4, 0.5) is 0 Å². The van der Waals surface area contributed by atoms with Gasteiger partial charge in [0.05, 0.1) is 25.7 Å². The van der Waals surface area contributed by atoms with Gasteiger partial charge in [-0.2, -0.15) is 0 Å². The maximum absolute atomic E-state index is 11.3. The number of phenolic OH excluding ortho intramolecular Hbond substituents is 1. The molecule has 1 N–H and O–H groups in total. The summed E-state index contributed by atoms with van der Waals surface area (Å²) < 4.78 is 15.0. The van der Waals surface area contributed by atoms with Crippen molar-refractivity contribution in [2.75, 3.05) is 14.2 Å². The molecule has 5 heteroatoms. The zero-order chi connectivity index (χ0) is 11.7. The summed E-state index contributed by atoms with van der Waals surface area (Å²) in [6.45, 7) is 0. The van der Waals surface area contributed by atoms with Gasteiger partial charge in [0.25, 0.3) is 0 Å². The number of phenols is 1. The molecular formula is C11H10O5. The van der Waals surface area contributed by atoms with Crippen LogP contribution in [0.25, 0.3) is 11.0 Å². The first-order valence-corrected chi connectivity index (χ1v) is 4.55. The van der Waals surface area contributed by atoms with Gasteiger partial charge in [-0.15, -0.1) is 0 Å². The standard InChI is InChI=1S/C11H10O5/c1-14-8-5-9(13)16-10-6(8)3-4-7(12)11(10)15-2/h3-5,12H,1-2H3. The lowest BCUT2D eigenvalue weighted by atomic mass is 10.2. The predicted molar refractivity (Wildman–Crippen MR) is 57.3 cm³/mol. The van der Waals surface area contributed by atoms with Crippen LogP contribution in [0, 0.1) is 0 Å². The van der Waals surface area contributed by atoms with Crippen molar-refractivity contribution in [2.45, 2.75) is 0 Å². The first-order chi connectivity index (χ1) is 7.67. The number of rotatable bonds is 2. The van der Waals surface area contributed by atoms with Crippen LogP contribution in [0.2, 0.25) is 0 Å². The molecule has 0 aliphatic heterocycles. The maximum atomic E-state index is 11.3. The quantitative estimate of drug-likeness (QED) is 0.780. The Hall–Kier alpha value is -2.17. The van der Waals surface area contributed by atoms with Crippen LogP contribution < -0.4 is 15.1 Å². The predicted octanol–water partition coefficient (Wildman–Crippen LogP) is 1.52. The molecule has 1 aromatic carbocycles. The summed E-state index contributed by atoms with van der Waals surface area (Å²) >= 11 is 0. The monoisotopic (exact) mass is 222 g/mol. The first kappa shape index (κ1) is 10.4. The first-order valence-electron chi connectivity index (χ1n) is 4.55. The van der Waals surface area contributed by atoms with Crippen molar-refractivity contribution in [1.82, 2.24) is 0 Å². The van der Waals surface area contributed by atoms with Crippen LogP contribution in [0.1, 0.15) is 0 Å². The van der Waals surface area contributed by atoms with E-state index < -0.39 is 5.63 Å².